The van der Waals surface area contributed by atoms with Crippen LogP contribution in [0.25, 0.3) is 0 Å². The summed E-state index contributed by atoms with van der Waals surface area (Å²) in [7, 11) is -5.74. The summed E-state index contributed by atoms with van der Waals surface area (Å²) in [6.45, 7) is 6.00. The third-order valence-corrected chi connectivity index (χ3v) is 5.21. The Morgan fingerprint density at radius 3 is 2.08 bits per heavy atom. The van der Waals surface area contributed by atoms with Gasteiger partial charge in [-0.15, -0.1) is 0 Å². The largest absolute Gasteiger partial charge is 0.399 e. The molecule has 0 heterocycles. The zero-order chi connectivity index (χ0) is 17.8. The normalized spacial score (nSPS) is 13.1. The number of rotatable bonds is 6. The van der Waals surface area contributed by atoms with E-state index in [0.29, 0.717) is 5.56 Å². The van der Waals surface area contributed by atoms with Crippen LogP contribution in [0, 0.1) is 11.3 Å². The maximum absolute atomic E-state index is 12.2. The van der Waals surface area contributed by atoms with Crippen LogP contribution in [0.5, 0.6) is 5.75 Å². The predicted molar refractivity (Wildman–Crippen MR) is 93.5 cm³/mol. The first-order valence-corrected chi connectivity index (χ1v) is 12.2. The summed E-state index contributed by atoms with van der Waals surface area (Å²) in [5.41, 5.74) is 0.671. The fourth-order valence-corrected chi connectivity index (χ4v) is 3.83. The Labute approximate surface area is 143 Å². The molecule has 0 aliphatic rings. The smallest absolute Gasteiger partial charge is 0.339 e. The lowest BCUT2D eigenvalue weighted by molar-refractivity contribution is 0.255. The molecule has 0 aliphatic carbocycles. The van der Waals surface area contributed by atoms with Crippen molar-refractivity contribution in [2.75, 3.05) is 0 Å². The van der Waals surface area contributed by atoms with Gasteiger partial charge in [0, 0.05) is 0 Å². The van der Waals surface area contributed by atoms with E-state index < -0.39 is 24.5 Å². The minimum atomic E-state index is -3.87. The fourth-order valence-electron chi connectivity index (χ4n) is 1.98. The van der Waals surface area contributed by atoms with Crippen molar-refractivity contribution in [1.82, 2.24) is 0 Å². The van der Waals surface area contributed by atoms with Gasteiger partial charge in [-0.3, -0.25) is 0 Å². The summed E-state index contributed by atoms with van der Waals surface area (Å²) < 4.78 is 35.3. The molecule has 0 radical (unpaired) electrons. The average molecular weight is 361 g/mol. The van der Waals surface area contributed by atoms with Gasteiger partial charge in [0.05, 0.1) is 6.07 Å². The van der Waals surface area contributed by atoms with Crippen LogP contribution >= 0.6 is 0 Å². The minimum Gasteiger partial charge on any atom is -0.399 e. The zero-order valence-electron chi connectivity index (χ0n) is 13.8. The second-order valence-electron chi connectivity index (χ2n) is 6.16. The summed E-state index contributed by atoms with van der Waals surface area (Å²) in [5, 5.41) is 9.27. The lowest BCUT2D eigenvalue weighted by Crippen LogP contribution is -2.27. The van der Waals surface area contributed by atoms with Crippen molar-refractivity contribution in [2.24, 2.45) is 0 Å². The standard InChI is InChI=1S/C17H19NO4SSi/c1-24(2,3)22-17(13-18)14-9-11-15(12-10-14)21-23(19,20)16-7-5-4-6-8-16/h4-12,17H,1-3H3. The van der Waals surface area contributed by atoms with E-state index in [1.54, 1.807) is 30.3 Å². The van der Waals surface area contributed by atoms with E-state index in [0.717, 1.165) is 0 Å². The van der Waals surface area contributed by atoms with E-state index in [2.05, 4.69) is 6.07 Å². The van der Waals surface area contributed by atoms with Crippen LogP contribution in [0.4, 0.5) is 0 Å². The molecule has 2 rings (SSSR count). The number of benzene rings is 2. The first-order valence-electron chi connectivity index (χ1n) is 7.38. The van der Waals surface area contributed by atoms with Crippen LogP contribution < -0.4 is 4.18 Å². The minimum absolute atomic E-state index is 0.0889. The van der Waals surface area contributed by atoms with Gasteiger partial charge in [-0.05, 0) is 49.5 Å². The highest BCUT2D eigenvalue weighted by Gasteiger charge is 2.22. The maximum atomic E-state index is 12.2. The monoisotopic (exact) mass is 361 g/mol. The van der Waals surface area contributed by atoms with Crippen LogP contribution in [0.15, 0.2) is 59.5 Å². The highest BCUT2D eigenvalue weighted by Crippen LogP contribution is 2.25. The summed E-state index contributed by atoms with van der Waals surface area (Å²) in [4.78, 5) is 0.0889. The molecular formula is C17H19NO4SSi. The highest BCUT2D eigenvalue weighted by molar-refractivity contribution is 7.87. The van der Waals surface area contributed by atoms with Crippen molar-refractivity contribution >= 4 is 18.4 Å². The summed E-state index contributed by atoms with van der Waals surface area (Å²) >= 11 is 0. The van der Waals surface area contributed by atoms with Gasteiger partial charge in [-0.25, -0.2) is 0 Å². The molecule has 0 amide bonds. The summed E-state index contributed by atoms with van der Waals surface area (Å²) in [5.74, 6) is 0.187. The van der Waals surface area contributed by atoms with Crippen molar-refractivity contribution in [3.8, 4) is 11.8 Å². The average Bonchev–Trinajstić information content (AvgIpc) is 2.53. The van der Waals surface area contributed by atoms with E-state index in [1.165, 1.54) is 24.3 Å². The van der Waals surface area contributed by atoms with E-state index in [-0.39, 0.29) is 10.6 Å². The first-order chi connectivity index (χ1) is 11.2. The third-order valence-electron chi connectivity index (χ3n) is 3.01. The predicted octanol–water partition coefficient (Wildman–Crippen LogP) is 3.87. The van der Waals surface area contributed by atoms with Gasteiger partial charge in [0.15, 0.2) is 14.4 Å². The Morgan fingerprint density at radius 2 is 1.58 bits per heavy atom. The van der Waals surface area contributed by atoms with E-state index >= 15 is 0 Å². The van der Waals surface area contributed by atoms with E-state index in [9.17, 15) is 13.7 Å². The van der Waals surface area contributed by atoms with Gasteiger partial charge < -0.3 is 8.61 Å². The maximum Gasteiger partial charge on any atom is 0.339 e. The second kappa shape index (κ2) is 7.17. The van der Waals surface area contributed by atoms with Crippen molar-refractivity contribution < 1.29 is 17.0 Å². The Hall–Kier alpha value is -2.14. The molecule has 2 aromatic carbocycles. The molecule has 7 heteroatoms. The van der Waals surface area contributed by atoms with Crippen molar-refractivity contribution in [2.45, 2.75) is 30.6 Å². The van der Waals surface area contributed by atoms with Crippen molar-refractivity contribution in [3.05, 3.63) is 60.2 Å². The van der Waals surface area contributed by atoms with Crippen molar-refractivity contribution in [3.63, 3.8) is 0 Å². The van der Waals surface area contributed by atoms with E-state index in [4.69, 9.17) is 8.61 Å². The molecule has 126 valence electrons. The summed E-state index contributed by atoms with van der Waals surface area (Å²) in [6.07, 6.45) is -0.670. The Morgan fingerprint density at radius 1 is 1.00 bits per heavy atom. The first kappa shape index (κ1) is 18.2. The second-order valence-corrected chi connectivity index (χ2v) is 12.2. The summed E-state index contributed by atoms with van der Waals surface area (Å²) in [6, 6.07) is 16.4. The molecule has 5 nitrogen and oxygen atoms in total. The van der Waals surface area contributed by atoms with Crippen LogP contribution in [-0.2, 0) is 14.5 Å². The third kappa shape index (κ3) is 4.93. The van der Waals surface area contributed by atoms with Gasteiger partial charge in [-0.2, -0.15) is 13.7 Å². The Balaban J connectivity index is 2.17. The molecular weight excluding hydrogens is 342 g/mol. The van der Waals surface area contributed by atoms with Gasteiger partial charge >= 0.3 is 10.1 Å². The van der Waals surface area contributed by atoms with Gasteiger partial charge in [0.25, 0.3) is 0 Å². The molecule has 0 N–H and O–H groups in total. The molecule has 0 aromatic heterocycles. The van der Waals surface area contributed by atoms with Crippen LogP contribution in [0.2, 0.25) is 19.6 Å². The van der Waals surface area contributed by atoms with Crippen LogP contribution in [-0.4, -0.2) is 16.7 Å². The molecule has 24 heavy (non-hydrogen) atoms. The lowest BCUT2D eigenvalue weighted by atomic mass is 10.1. The molecule has 1 atom stereocenters. The van der Waals surface area contributed by atoms with Crippen LogP contribution in [0.3, 0.4) is 0 Å². The number of hydrogen-bond donors (Lipinski definition) is 0. The van der Waals surface area contributed by atoms with Crippen molar-refractivity contribution in [1.29, 1.82) is 5.26 Å². The lowest BCUT2D eigenvalue weighted by Gasteiger charge is -2.21. The van der Waals surface area contributed by atoms with Gasteiger partial charge in [0.2, 0.25) is 0 Å². The molecule has 1 unspecified atom stereocenters. The van der Waals surface area contributed by atoms with Gasteiger partial charge in [-0.1, -0.05) is 30.3 Å². The molecule has 0 spiro atoms. The molecule has 0 saturated carbocycles. The Bertz CT molecular complexity index is 822. The zero-order valence-corrected chi connectivity index (χ0v) is 15.6. The molecule has 0 bridgehead atoms. The molecule has 0 fully saturated rings. The highest BCUT2D eigenvalue weighted by atomic mass is 32.2. The molecule has 0 saturated heterocycles. The van der Waals surface area contributed by atoms with Gasteiger partial charge in [0.1, 0.15) is 10.6 Å². The molecule has 2 aromatic rings. The Kier molecular flexibility index (Phi) is 5.44. The number of hydrogen-bond acceptors (Lipinski definition) is 5. The topological polar surface area (TPSA) is 76.4 Å². The number of nitriles is 1. The fraction of sp³-hybridized carbons (Fsp3) is 0.235. The van der Waals surface area contributed by atoms with E-state index in [1.807, 2.05) is 19.6 Å². The quantitative estimate of drug-likeness (QED) is 0.576. The number of nitrogens with zero attached hydrogens (tertiary/aromatic N) is 1. The SMILES string of the molecule is C[Si](C)(C)OC(C#N)c1ccc(OS(=O)(=O)c2ccccc2)cc1. The van der Waals surface area contributed by atoms with Crippen LogP contribution in [0.1, 0.15) is 11.7 Å². The molecule has 0 aliphatic heterocycles.